The molecule has 0 radical (unpaired) electrons. The van der Waals surface area contributed by atoms with Crippen LogP contribution in [0.5, 0.6) is 0 Å². The molecule has 0 saturated carbocycles. The molecule has 0 unspecified atom stereocenters. The van der Waals surface area contributed by atoms with Crippen LogP contribution in [0.15, 0.2) is 0 Å². The van der Waals surface area contributed by atoms with Gasteiger partial charge in [0.25, 0.3) is 0 Å². The van der Waals surface area contributed by atoms with Crippen molar-refractivity contribution in [1.29, 1.82) is 0 Å². The summed E-state index contributed by atoms with van der Waals surface area (Å²) in [6.45, 7) is 0.874. The van der Waals surface area contributed by atoms with E-state index < -0.39 is 0 Å². The minimum absolute atomic E-state index is 0.437. The van der Waals surface area contributed by atoms with Crippen molar-refractivity contribution >= 4 is 0 Å². The molecule has 0 aromatic heterocycles. The van der Waals surface area contributed by atoms with E-state index in [9.17, 15) is 10.4 Å². The van der Waals surface area contributed by atoms with E-state index in [0.717, 1.165) is 10.1 Å². The van der Waals surface area contributed by atoms with Crippen molar-refractivity contribution in [2.24, 2.45) is 0 Å². The van der Waals surface area contributed by atoms with Gasteiger partial charge < -0.3 is 20.5 Å². The largest absolute Gasteiger partial charge is 0.785 e. The second-order valence-corrected chi connectivity index (χ2v) is 2.06. The molecule has 0 aliphatic heterocycles. The Hall–Kier alpha value is -0.160. The smallest absolute Gasteiger partial charge is 0.0135 e. The first-order valence-electron chi connectivity index (χ1n) is 2.89. The van der Waals surface area contributed by atoms with Crippen LogP contribution in [-0.2, 0) is 0 Å². The van der Waals surface area contributed by atoms with Gasteiger partial charge in [0.15, 0.2) is 0 Å². The van der Waals surface area contributed by atoms with Gasteiger partial charge in [0, 0.05) is 0 Å². The van der Waals surface area contributed by atoms with Gasteiger partial charge in [0.1, 0.15) is 0 Å². The van der Waals surface area contributed by atoms with E-state index in [1.54, 1.807) is 0 Å². The zero-order valence-electron chi connectivity index (χ0n) is 5.83. The fraction of sp³-hybridized carbons (Fsp3) is 1.00. The molecule has 0 aliphatic rings. The van der Waals surface area contributed by atoms with Gasteiger partial charge in [-0.2, -0.15) is 0 Å². The molecule has 0 aromatic carbocycles. The molecule has 4 heteroatoms. The highest BCUT2D eigenvalue weighted by molar-refractivity contribution is 4.53. The Balaban J connectivity index is 2.91. The molecule has 0 fully saturated rings. The monoisotopic (exact) mass is 132 g/mol. The molecule has 0 heterocycles. The standard InChI is InChI=1S/C5H12N2O2/c1-6(8)4-3-5-7(2)9/h3-5H2,1-2H3/q-2. The van der Waals surface area contributed by atoms with Gasteiger partial charge in [-0.1, -0.05) is 0 Å². The fourth-order valence-electron chi connectivity index (χ4n) is 0.516. The lowest BCUT2D eigenvalue weighted by molar-refractivity contribution is 0.383. The molecule has 0 bridgehead atoms. The first kappa shape index (κ1) is 8.84. The number of rotatable bonds is 4. The molecule has 0 atom stereocenters. The summed E-state index contributed by atoms with van der Waals surface area (Å²) in [5.41, 5.74) is 0. The number of hydroxylamine groups is 4. The molecule has 4 nitrogen and oxygen atoms in total. The van der Waals surface area contributed by atoms with Crippen LogP contribution in [0.3, 0.4) is 0 Å². The summed E-state index contributed by atoms with van der Waals surface area (Å²) in [5, 5.41) is 22.1. The second-order valence-electron chi connectivity index (χ2n) is 2.06. The lowest BCUT2D eigenvalue weighted by Gasteiger charge is -2.26. The first-order valence-corrected chi connectivity index (χ1v) is 2.89. The lowest BCUT2D eigenvalue weighted by atomic mass is 10.4. The molecule has 0 amide bonds. The van der Waals surface area contributed by atoms with Crippen molar-refractivity contribution in [1.82, 2.24) is 10.1 Å². The van der Waals surface area contributed by atoms with E-state index in [2.05, 4.69) is 0 Å². The van der Waals surface area contributed by atoms with Crippen molar-refractivity contribution in [3.05, 3.63) is 10.4 Å². The number of hydrogen-bond acceptors (Lipinski definition) is 4. The highest BCUT2D eigenvalue weighted by Crippen LogP contribution is 1.86. The van der Waals surface area contributed by atoms with Crippen LogP contribution in [0.1, 0.15) is 6.42 Å². The first-order chi connectivity index (χ1) is 4.13. The molecular formula is C5H12N2O2-2. The quantitative estimate of drug-likeness (QED) is 0.514. The van der Waals surface area contributed by atoms with E-state index in [1.807, 2.05) is 0 Å². The maximum Gasteiger partial charge on any atom is -0.0135 e. The van der Waals surface area contributed by atoms with E-state index in [4.69, 9.17) is 0 Å². The van der Waals surface area contributed by atoms with Gasteiger partial charge in [-0.25, -0.2) is 0 Å². The van der Waals surface area contributed by atoms with Gasteiger partial charge in [-0.15, -0.1) is 0 Å². The summed E-state index contributed by atoms with van der Waals surface area (Å²) in [5.74, 6) is 0. The third-order valence-electron chi connectivity index (χ3n) is 0.946. The van der Waals surface area contributed by atoms with E-state index in [1.165, 1.54) is 14.1 Å². The Morgan fingerprint density at radius 1 is 1.00 bits per heavy atom. The average Bonchev–Trinajstić information content (AvgIpc) is 1.63. The van der Waals surface area contributed by atoms with Crippen molar-refractivity contribution in [3.8, 4) is 0 Å². The lowest BCUT2D eigenvalue weighted by Crippen LogP contribution is -2.18. The second kappa shape index (κ2) is 4.69. The summed E-state index contributed by atoms with van der Waals surface area (Å²) in [6, 6.07) is 0. The van der Waals surface area contributed by atoms with Gasteiger partial charge in [0.2, 0.25) is 0 Å². The van der Waals surface area contributed by atoms with Gasteiger partial charge in [-0.05, 0) is 33.6 Å². The highest BCUT2D eigenvalue weighted by Gasteiger charge is 1.84. The van der Waals surface area contributed by atoms with Crippen LogP contribution in [0.25, 0.3) is 0 Å². The number of nitrogens with zero attached hydrogens (tertiary/aromatic N) is 2. The normalized spacial score (nSPS) is 11.3. The highest BCUT2D eigenvalue weighted by atomic mass is 16.5. The van der Waals surface area contributed by atoms with E-state index >= 15 is 0 Å². The molecule has 0 aromatic rings. The molecule has 0 saturated heterocycles. The molecule has 56 valence electrons. The SMILES string of the molecule is CN([O-])CCCN(C)[O-]. The Labute approximate surface area is 55.2 Å². The summed E-state index contributed by atoms with van der Waals surface area (Å²) in [6.07, 6.45) is 0.639. The molecule has 0 spiro atoms. The summed E-state index contributed by atoms with van der Waals surface area (Å²) >= 11 is 0. The van der Waals surface area contributed by atoms with Crippen molar-refractivity contribution in [3.63, 3.8) is 0 Å². The van der Waals surface area contributed by atoms with Crippen LogP contribution in [0.4, 0.5) is 0 Å². The third kappa shape index (κ3) is 7.84. The molecular weight excluding hydrogens is 120 g/mol. The summed E-state index contributed by atoms with van der Waals surface area (Å²) < 4.78 is 0. The third-order valence-corrected chi connectivity index (χ3v) is 0.946. The predicted molar refractivity (Wildman–Crippen MR) is 36.6 cm³/mol. The maximum absolute atomic E-state index is 10.2. The Bertz CT molecular complexity index is 58.0. The summed E-state index contributed by atoms with van der Waals surface area (Å²) in [4.78, 5) is 0. The van der Waals surface area contributed by atoms with Crippen LogP contribution in [0.2, 0.25) is 0 Å². The van der Waals surface area contributed by atoms with Crippen molar-refractivity contribution in [2.75, 3.05) is 27.2 Å². The minimum Gasteiger partial charge on any atom is -0.785 e. The Kier molecular flexibility index (Phi) is 4.61. The maximum atomic E-state index is 10.2. The molecule has 9 heavy (non-hydrogen) atoms. The fourth-order valence-corrected chi connectivity index (χ4v) is 0.516. The average molecular weight is 132 g/mol. The van der Waals surface area contributed by atoms with Gasteiger partial charge in [-0.3, -0.25) is 0 Å². The molecule has 0 aliphatic carbocycles. The Morgan fingerprint density at radius 2 is 1.33 bits per heavy atom. The number of hydrogen-bond donors (Lipinski definition) is 0. The minimum atomic E-state index is 0.437. The summed E-state index contributed by atoms with van der Waals surface area (Å²) in [7, 11) is 2.90. The predicted octanol–water partition coefficient (Wildman–Crippen LogP) is 0.236. The van der Waals surface area contributed by atoms with Gasteiger partial charge in [0.05, 0.1) is 0 Å². The van der Waals surface area contributed by atoms with Gasteiger partial charge >= 0.3 is 0 Å². The van der Waals surface area contributed by atoms with Crippen molar-refractivity contribution in [2.45, 2.75) is 6.42 Å². The molecule has 0 N–H and O–H groups in total. The Morgan fingerprint density at radius 3 is 1.56 bits per heavy atom. The van der Waals surface area contributed by atoms with E-state index in [0.29, 0.717) is 19.5 Å². The molecule has 0 rings (SSSR count). The van der Waals surface area contributed by atoms with E-state index in [-0.39, 0.29) is 0 Å². The van der Waals surface area contributed by atoms with Crippen LogP contribution < -0.4 is 0 Å². The van der Waals surface area contributed by atoms with Crippen LogP contribution >= 0.6 is 0 Å². The zero-order valence-corrected chi connectivity index (χ0v) is 5.83. The zero-order chi connectivity index (χ0) is 7.28. The topological polar surface area (TPSA) is 52.6 Å². The van der Waals surface area contributed by atoms with Crippen molar-refractivity contribution < 1.29 is 0 Å². The van der Waals surface area contributed by atoms with Crippen LogP contribution in [-0.4, -0.2) is 37.3 Å². The van der Waals surface area contributed by atoms with Crippen LogP contribution in [0, 0.1) is 10.4 Å².